The van der Waals surface area contributed by atoms with Gasteiger partial charge in [0.05, 0.1) is 13.0 Å². The minimum atomic E-state index is -1.02. The van der Waals surface area contributed by atoms with Crippen molar-refractivity contribution in [1.82, 2.24) is 5.06 Å². The summed E-state index contributed by atoms with van der Waals surface area (Å²) in [6.45, 7) is 1.94. The molecule has 2 N–H and O–H groups in total. The predicted molar refractivity (Wildman–Crippen MR) is 54.5 cm³/mol. The van der Waals surface area contributed by atoms with Gasteiger partial charge in [0.1, 0.15) is 0 Å². The Morgan fingerprint density at radius 3 is 2.33 bits per heavy atom. The SMILES string of the molecule is CCCCCCC(=O)N(O)CCC(=O)O. The van der Waals surface area contributed by atoms with Crippen molar-refractivity contribution in [2.24, 2.45) is 0 Å². The molecule has 5 heteroatoms. The summed E-state index contributed by atoms with van der Waals surface area (Å²) in [4.78, 5) is 21.4. The van der Waals surface area contributed by atoms with Gasteiger partial charge in [0.2, 0.25) is 5.91 Å². The highest BCUT2D eigenvalue weighted by Gasteiger charge is 2.11. The molecule has 15 heavy (non-hydrogen) atoms. The summed E-state index contributed by atoms with van der Waals surface area (Å²) in [5, 5.41) is 18.0. The average molecular weight is 217 g/mol. The van der Waals surface area contributed by atoms with E-state index in [2.05, 4.69) is 6.92 Å². The molecular formula is C10H19NO4. The van der Waals surface area contributed by atoms with E-state index in [1.807, 2.05) is 0 Å². The molecule has 0 spiro atoms. The second-order valence-electron chi connectivity index (χ2n) is 3.47. The van der Waals surface area contributed by atoms with E-state index >= 15 is 0 Å². The minimum absolute atomic E-state index is 0.137. The Labute approximate surface area is 89.6 Å². The number of carbonyl (C=O) groups is 2. The van der Waals surface area contributed by atoms with Crippen LogP contribution >= 0.6 is 0 Å². The summed E-state index contributed by atoms with van der Waals surface area (Å²) in [6, 6.07) is 0. The fourth-order valence-electron chi connectivity index (χ4n) is 1.16. The quantitative estimate of drug-likeness (QED) is 0.368. The van der Waals surface area contributed by atoms with E-state index in [4.69, 9.17) is 10.3 Å². The lowest BCUT2D eigenvalue weighted by Crippen LogP contribution is -2.29. The second kappa shape index (κ2) is 8.23. The third-order valence-corrected chi connectivity index (χ3v) is 2.07. The number of aliphatic carboxylic acids is 1. The van der Waals surface area contributed by atoms with E-state index in [1.54, 1.807) is 0 Å². The van der Waals surface area contributed by atoms with Crippen LogP contribution < -0.4 is 0 Å². The van der Waals surface area contributed by atoms with E-state index < -0.39 is 11.9 Å². The molecule has 0 aromatic carbocycles. The highest BCUT2D eigenvalue weighted by atomic mass is 16.5. The summed E-state index contributed by atoms with van der Waals surface area (Å²) in [5.74, 6) is -1.42. The number of nitrogens with zero attached hydrogens (tertiary/aromatic N) is 1. The van der Waals surface area contributed by atoms with Gasteiger partial charge < -0.3 is 5.11 Å². The molecule has 0 rings (SSSR count). The van der Waals surface area contributed by atoms with Gasteiger partial charge in [-0.25, -0.2) is 5.06 Å². The van der Waals surface area contributed by atoms with E-state index in [0.29, 0.717) is 5.06 Å². The third kappa shape index (κ3) is 7.93. The van der Waals surface area contributed by atoms with Gasteiger partial charge in [-0.2, -0.15) is 0 Å². The van der Waals surface area contributed by atoms with Crippen molar-refractivity contribution in [1.29, 1.82) is 0 Å². The maximum Gasteiger partial charge on any atom is 0.305 e. The molecule has 0 radical (unpaired) electrons. The van der Waals surface area contributed by atoms with Crippen LogP contribution in [0.4, 0.5) is 0 Å². The van der Waals surface area contributed by atoms with Crippen molar-refractivity contribution >= 4 is 11.9 Å². The van der Waals surface area contributed by atoms with Crippen LogP contribution in [-0.2, 0) is 9.59 Å². The molecule has 0 aromatic heterocycles. The van der Waals surface area contributed by atoms with Gasteiger partial charge in [0.25, 0.3) is 0 Å². The highest BCUT2D eigenvalue weighted by Crippen LogP contribution is 2.04. The van der Waals surface area contributed by atoms with Crippen LogP contribution in [-0.4, -0.2) is 33.8 Å². The number of unbranched alkanes of at least 4 members (excludes halogenated alkanes) is 3. The smallest absolute Gasteiger partial charge is 0.305 e. The zero-order chi connectivity index (χ0) is 11.7. The van der Waals surface area contributed by atoms with Crippen LogP contribution in [0.2, 0.25) is 0 Å². The molecule has 0 aliphatic rings. The zero-order valence-electron chi connectivity index (χ0n) is 9.11. The molecular weight excluding hydrogens is 198 g/mol. The summed E-state index contributed by atoms with van der Waals surface area (Å²) in [7, 11) is 0. The van der Waals surface area contributed by atoms with Gasteiger partial charge in [-0.15, -0.1) is 0 Å². The Bertz CT molecular complexity index is 206. The Morgan fingerprint density at radius 2 is 1.80 bits per heavy atom. The number of amides is 1. The first-order chi connectivity index (χ1) is 7.07. The van der Waals surface area contributed by atoms with Crippen molar-refractivity contribution in [3.63, 3.8) is 0 Å². The van der Waals surface area contributed by atoms with Gasteiger partial charge >= 0.3 is 5.97 Å². The molecule has 5 nitrogen and oxygen atoms in total. The third-order valence-electron chi connectivity index (χ3n) is 2.07. The molecule has 0 saturated carbocycles. The van der Waals surface area contributed by atoms with E-state index in [0.717, 1.165) is 25.7 Å². The van der Waals surface area contributed by atoms with Gasteiger partial charge in [-0.05, 0) is 6.42 Å². The molecule has 0 aliphatic heterocycles. The first-order valence-corrected chi connectivity index (χ1v) is 5.29. The van der Waals surface area contributed by atoms with Crippen LogP contribution in [0.15, 0.2) is 0 Å². The molecule has 1 amide bonds. The number of hydroxylamine groups is 2. The normalized spacial score (nSPS) is 10.0. The number of carboxylic acids is 1. The molecule has 0 atom stereocenters. The van der Waals surface area contributed by atoms with Crippen LogP contribution in [0.1, 0.15) is 45.4 Å². The van der Waals surface area contributed by atoms with Crippen molar-refractivity contribution in [3.05, 3.63) is 0 Å². The fourth-order valence-corrected chi connectivity index (χ4v) is 1.16. The zero-order valence-corrected chi connectivity index (χ0v) is 9.11. The fraction of sp³-hybridized carbons (Fsp3) is 0.800. The van der Waals surface area contributed by atoms with E-state index in [9.17, 15) is 9.59 Å². The van der Waals surface area contributed by atoms with Crippen molar-refractivity contribution in [2.45, 2.75) is 45.4 Å². The predicted octanol–water partition coefficient (Wildman–Crippen LogP) is 1.65. The van der Waals surface area contributed by atoms with Crippen LogP contribution in [0.3, 0.4) is 0 Å². The van der Waals surface area contributed by atoms with Gasteiger partial charge in [0, 0.05) is 6.42 Å². The summed E-state index contributed by atoms with van der Waals surface area (Å²) in [5.41, 5.74) is 0. The molecule has 0 aliphatic carbocycles. The molecule has 0 saturated heterocycles. The Morgan fingerprint density at radius 1 is 1.13 bits per heavy atom. The number of carbonyl (C=O) groups excluding carboxylic acids is 1. The van der Waals surface area contributed by atoms with Crippen LogP contribution in [0.5, 0.6) is 0 Å². The number of carboxylic acid groups (broad SMARTS) is 1. The topological polar surface area (TPSA) is 77.8 Å². The average Bonchev–Trinajstić information content (AvgIpc) is 2.20. The van der Waals surface area contributed by atoms with Crippen LogP contribution in [0.25, 0.3) is 0 Å². The molecule has 0 unspecified atom stereocenters. The van der Waals surface area contributed by atoms with Crippen molar-refractivity contribution in [3.8, 4) is 0 Å². The molecule has 0 heterocycles. The van der Waals surface area contributed by atoms with Crippen molar-refractivity contribution < 1.29 is 19.9 Å². The Hall–Kier alpha value is -1.10. The first kappa shape index (κ1) is 13.9. The largest absolute Gasteiger partial charge is 0.481 e. The molecule has 0 fully saturated rings. The molecule has 0 aromatic rings. The number of hydrogen-bond donors (Lipinski definition) is 2. The Balaban J connectivity index is 3.55. The molecule has 0 bridgehead atoms. The van der Waals surface area contributed by atoms with Gasteiger partial charge in [0.15, 0.2) is 0 Å². The second-order valence-corrected chi connectivity index (χ2v) is 3.47. The maximum absolute atomic E-state index is 11.2. The molecule has 88 valence electrons. The Kier molecular flexibility index (Phi) is 7.62. The monoisotopic (exact) mass is 217 g/mol. The standard InChI is InChI=1S/C10H19NO4/c1-2-3-4-5-6-9(12)11(15)8-7-10(13)14/h15H,2-8H2,1H3,(H,13,14). The lowest BCUT2D eigenvalue weighted by molar-refractivity contribution is -0.167. The number of rotatable bonds is 8. The first-order valence-electron chi connectivity index (χ1n) is 5.29. The van der Waals surface area contributed by atoms with Crippen molar-refractivity contribution in [2.75, 3.05) is 6.54 Å². The maximum atomic E-state index is 11.2. The van der Waals surface area contributed by atoms with Gasteiger partial charge in [-0.1, -0.05) is 26.2 Å². The lowest BCUT2D eigenvalue weighted by Gasteiger charge is -2.13. The van der Waals surface area contributed by atoms with Crippen LogP contribution in [0, 0.1) is 0 Å². The van der Waals surface area contributed by atoms with E-state index in [1.165, 1.54) is 0 Å². The number of hydrogen-bond acceptors (Lipinski definition) is 3. The highest BCUT2D eigenvalue weighted by molar-refractivity contribution is 5.75. The summed E-state index contributed by atoms with van der Waals surface area (Å²) >= 11 is 0. The van der Waals surface area contributed by atoms with E-state index in [-0.39, 0.29) is 19.4 Å². The summed E-state index contributed by atoms with van der Waals surface area (Å²) in [6.07, 6.45) is 3.95. The summed E-state index contributed by atoms with van der Waals surface area (Å²) < 4.78 is 0. The van der Waals surface area contributed by atoms with Gasteiger partial charge in [-0.3, -0.25) is 14.8 Å². The lowest BCUT2D eigenvalue weighted by atomic mass is 10.1. The minimum Gasteiger partial charge on any atom is -0.481 e.